The van der Waals surface area contributed by atoms with E-state index in [4.69, 9.17) is 11.1 Å². The maximum atomic E-state index is 12.6. The zero-order valence-electron chi connectivity index (χ0n) is 9.67. The van der Waals surface area contributed by atoms with Crippen molar-refractivity contribution in [1.82, 2.24) is 4.90 Å². The van der Waals surface area contributed by atoms with Gasteiger partial charge in [0.05, 0.1) is 6.10 Å². The smallest absolute Gasteiger partial charge is 0.393 e. The van der Waals surface area contributed by atoms with Gasteiger partial charge in [0.25, 0.3) is 0 Å². The second kappa shape index (κ2) is 5.22. The van der Waals surface area contributed by atoms with E-state index in [1.807, 2.05) is 0 Å². The van der Waals surface area contributed by atoms with Crippen LogP contribution in [-0.2, 0) is 0 Å². The van der Waals surface area contributed by atoms with E-state index in [-0.39, 0.29) is 12.5 Å². The highest BCUT2D eigenvalue weighted by Crippen LogP contribution is 2.29. The van der Waals surface area contributed by atoms with Crippen molar-refractivity contribution in [3.05, 3.63) is 0 Å². The molecule has 0 bridgehead atoms. The third-order valence-electron chi connectivity index (χ3n) is 3.20. The van der Waals surface area contributed by atoms with Crippen molar-refractivity contribution in [1.29, 1.82) is 5.41 Å². The van der Waals surface area contributed by atoms with Gasteiger partial charge in [-0.2, -0.15) is 13.2 Å². The molecule has 100 valence electrons. The fourth-order valence-electron chi connectivity index (χ4n) is 2.06. The molecule has 4 N–H and O–H groups in total. The van der Waals surface area contributed by atoms with Gasteiger partial charge in [-0.05, 0) is 25.8 Å². The second-order valence-corrected chi connectivity index (χ2v) is 4.60. The van der Waals surface area contributed by atoms with Gasteiger partial charge in [-0.3, -0.25) is 5.41 Å². The number of alkyl halides is 3. The van der Waals surface area contributed by atoms with Crippen molar-refractivity contribution in [2.75, 3.05) is 19.6 Å². The molecule has 1 heterocycles. The molecule has 4 nitrogen and oxygen atoms in total. The van der Waals surface area contributed by atoms with Crippen LogP contribution in [0.2, 0.25) is 0 Å². The third-order valence-corrected chi connectivity index (χ3v) is 3.20. The molecule has 0 radical (unpaired) electrons. The minimum atomic E-state index is -4.48. The summed E-state index contributed by atoms with van der Waals surface area (Å²) in [6.45, 7) is 2.29. The van der Waals surface area contributed by atoms with Crippen molar-refractivity contribution in [2.45, 2.75) is 25.6 Å². The monoisotopic (exact) mass is 253 g/mol. The fraction of sp³-hybridized carbons (Fsp3) is 0.900. The lowest BCUT2D eigenvalue weighted by Crippen LogP contribution is -2.43. The first-order chi connectivity index (χ1) is 7.71. The summed E-state index contributed by atoms with van der Waals surface area (Å²) in [6.07, 6.45) is -4.31. The lowest BCUT2D eigenvalue weighted by Gasteiger charge is -2.25. The van der Waals surface area contributed by atoms with E-state index in [1.165, 1.54) is 0 Å². The Labute approximate surface area is 98.1 Å². The molecular weight excluding hydrogens is 235 g/mol. The Morgan fingerprint density at radius 1 is 1.59 bits per heavy atom. The maximum Gasteiger partial charge on any atom is 0.399 e. The van der Waals surface area contributed by atoms with Gasteiger partial charge in [0.1, 0.15) is 11.8 Å². The van der Waals surface area contributed by atoms with E-state index in [0.29, 0.717) is 19.5 Å². The summed E-state index contributed by atoms with van der Waals surface area (Å²) in [5.41, 5.74) is 4.98. The Morgan fingerprint density at radius 3 is 2.53 bits per heavy atom. The van der Waals surface area contributed by atoms with Crippen LogP contribution in [0, 0.1) is 17.2 Å². The maximum absolute atomic E-state index is 12.6. The number of nitrogens with zero attached hydrogens (tertiary/aromatic N) is 1. The van der Waals surface area contributed by atoms with E-state index >= 15 is 0 Å². The van der Waals surface area contributed by atoms with Crippen LogP contribution in [0.5, 0.6) is 0 Å². The Morgan fingerprint density at radius 2 is 2.18 bits per heavy atom. The standard InChI is InChI=1S/C10H18F3N3O/c1-6(17)7-2-3-16(4-7)5-8(9(14)15)10(11,12)13/h6-8,17H,2-5H2,1H3,(H3,14,15). The molecule has 1 aliphatic heterocycles. The van der Waals surface area contributed by atoms with Gasteiger partial charge >= 0.3 is 6.18 Å². The molecule has 3 atom stereocenters. The number of aliphatic hydroxyl groups excluding tert-OH is 1. The largest absolute Gasteiger partial charge is 0.399 e. The van der Waals surface area contributed by atoms with Crippen LogP contribution in [0.15, 0.2) is 0 Å². The Balaban J connectivity index is 2.56. The number of hydrogen-bond donors (Lipinski definition) is 3. The van der Waals surface area contributed by atoms with Crippen LogP contribution in [0.4, 0.5) is 13.2 Å². The predicted octanol–water partition coefficient (Wildman–Crippen LogP) is 0.804. The Hall–Kier alpha value is -0.820. The molecule has 0 aliphatic carbocycles. The molecule has 1 fully saturated rings. The highest BCUT2D eigenvalue weighted by atomic mass is 19.4. The van der Waals surface area contributed by atoms with Gasteiger partial charge in [-0.15, -0.1) is 0 Å². The Bertz CT molecular complexity index is 280. The molecule has 7 heteroatoms. The van der Waals surface area contributed by atoms with Gasteiger partial charge < -0.3 is 15.7 Å². The number of halogens is 3. The molecule has 0 spiro atoms. The molecule has 1 rings (SSSR count). The number of nitrogens with two attached hydrogens (primary N) is 1. The summed E-state index contributed by atoms with van der Waals surface area (Å²) in [5.74, 6) is -2.75. The van der Waals surface area contributed by atoms with Crippen LogP contribution in [0.25, 0.3) is 0 Å². The summed E-state index contributed by atoms with van der Waals surface area (Å²) in [6, 6.07) is 0. The fourth-order valence-corrected chi connectivity index (χ4v) is 2.06. The van der Waals surface area contributed by atoms with E-state index in [0.717, 1.165) is 0 Å². The van der Waals surface area contributed by atoms with Crippen LogP contribution >= 0.6 is 0 Å². The number of aliphatic hydroxyl groups is 1. The molecule has 1 aliphatic rings. The van der Waals surface area contributed by atoms with Crippen molar-refractivity contribution in [3.8, 4) is 0 Å². The molecule has 0 saturated carbocycles. The quantitative estimate of drug-likeness (QED) is 0.512. The number of rotatable bonds is 4. The van der Waals surface area contributed by atoms with E-state index < -0.39 is 24.0 Å². The van der Waals surface area contributed by atoms with E-state index in [9.17, 15) is 18.3 Å². The van der Waals surface area contributed by atoms with Crippen molar-refractivity contribution in [2.24, 2.45) is 17.6 Å². The summed E-state index contributed by atoms with van der Waals surface area (Å²) in [5, 5.41) is 16.3. The zero-order valence-corrected chi connectivity index (χ0v) is 9.67. The molecule has 1 saturated heterocycles. The van der Waals surface area contributed by atoms with Crippen LogP contribution < -0.4 is 5.73 Å². The summed E-state index contributed by atoms with van der Waals surface area (Å²) in [7, 11) is 0. The van der Waals surface area contributed by atoms with Crippen molar-refractivity contribution in [3.63, 3.8) is 0 Å². The summed E-state index contributed by atoms with van der Waals surface area (Å²) >= 11 is 0. The van der Waals surface area contributed by atoms with Crippen LogP contribution in [0.1, 0.15) is 13.3 Å². The number of amidine groups is 1. The number of likely N-dealkylation sites (tertiary alicyclic amines) is 1. The molecular formula is C10H18F3N3O. The average molecular weight is 253 g/mol. The summed E-state index contributed by atoms with van der Waals surface area (Å²) in [4.78, 5) is 1.61. The normalized spacial score (nSPS) is 25.8. The van der Waals surface area contributed by atoms with Crippen LogP contribution in [-0.4, -0.2) is 47.8 Å². The average Bonchev–Trinajstić information content (AvgIpc) is 2.59. The lowest BCUT2D eigenvalue weighted by atomic mass is 10.0. The lowest BCUT2D eigenvalue weighted by molar-refractivity contribution is -0.159. The van der Waals surface area contributed by atoms with E-state index in [2.05, 4.69) is 0 Å². The zero-order chi connectivity index (χ0) is 13.2. The number of nitrogens with one attached hydrogen (secondary N) is 1. The van der Waals surface area contributed by atoms with Gasteiger partial charge in [-0.1, -0.05) is 0 Å². The minimum Gasteiger partial charge on any atom is -0.393 e. The topological polar surface area (TPSA) is 73.3 Å². The highest BCUT2D eigenvalue weighted by Gasteiger charge is 2.43. The first kappa shape index (κ1) is 14.2. The molecule has 0 aromatic carbocycles. The van der Waals surface area contributed by atoms with Gasteiger partial charge in [0.15, 0.2) is 0 Å². The van der Waals surface area contributed by atoms with Gasteiger partial charge in [0, 0.05) is 13.1 Å². The molecule has 0 amide bonds. The molecule has 0 aromatic heterocycles. The first-order valence-corrected chi connectivity index (χ1v) is 5.53. The van der Waals surface area contributed by atoms with Crippen LogP contribution in [0.3, 0.4) is 0 Å². The van der Waals surface area contributed by atoms with Gasteiger partial charge in [0.2, 0.25) is 0 Å². The van der Waals surface area contributed by atoms with E-state index in [1.54, 1.807) is 11.8 Å². The Kier molecular flexibility index (Phi) is 4.37. The van der Waals surface area contributed by atoms with Crippen molar-refractivity contribution < 1.29 is 18.3 Å². The SMILES string of the molecule is CC(O)C1CCN(CC(C(=N)N)C(F)(F)F)C1. The summed E-state index contributed by atoms with van der Waals surface area (Å²) < 4.78 is 37.7. The minimum absolute atomic E-state index is 0.0100. The third kappa shape index (κ3) is 3.85. The first-order valence-electron chi connectivity index (χ1n) is 5.53. The van der Waals surface area contributed by atoms with Gasteiger partial charge in [-0.25, -0.2) is 0 Å². The number of hydrogen-bond acceptors (Lipinski definition) is 3. The van der Waals surface area contributed by atoms with Crippen molar-refractivity contribution >= 4 is 5.84 Å². The second-order valence-electron chi connectivity index (χ2n) is 4.60. The molecule has 0 aromatic rings. The molecule has 3 unspecified atom stereocenters. The molecule has 17 heavy (non-hydrogen) atoms. The highest BCUT2D eigenvalue weighted by molar-refractivity contribution is 5.80. The predicted molar refractivity (Wildman–Crippen MR) is 57.7 cm³/mol.